The van der Waals surface area contributed by atoms with Gasteiger partial charge in [-0.3, -0.25) is 19.3 Å². The standard InChI is InChI=1S/C17H16F2N2O6S/c18-16(19)27-12-4-1-11(2-5-12)3-6-15(24)26-9-13(22)20-7-8-21-14(23)10-28-17(21)25/h1-6,16H,7-10H2,(H,20,22). The maximum atomic E-state index is 12.1. The van der Waals surface area contributed by atoms with Gasteiger partial charge in [0.25, 0.3) is 11.1 Å². The van der Waals surface area contributed by atoms with Crippen molar-refractivity contribution in [3.63, 3.8) is 0 Å². The van der Waals surface area contributed by atoms with E-state index in [0.717, 1.165) is 22.7 Å². The number of esters is 1. The second-order valence-corrected chi connectivity index (χ2v) is 6.27. The molecule has 0 radical (unpaired) electrons. The predicted octanol–water partition coefficient (Wildman–Crippen LogP) is 1.66. The summed E-state index contributed by atoms with van der Waals surface area (Å²) in [6.07, 6.45) is 2.46. The number of halogens is 2. The summed E-state index contributed by atoms with van der Waals surface area (Å²) in [7, 11) is 0. The Hall–Kier alpha value is -2.95. The number of carbonyl (C=O) groups excluding carboxylic acids is 4. The van der Waals surface area contributed by atoms with Crippen LogP contribution < -0.4 is 10.1 Å². The van der Waals surface area contributed by atoms with Crippen LogP contribution >= 0.6 is 11.8 Å². The molecule has 1 aliphatic heterocycles. The van der Waals surface area contributed by atoms with E-state index in [2.05, 4.69) is 10.1 Å². The van der Waals surface area contributed by atoms with Crippen LogP contribution in [0.3, 0.4) is 0 Å². The molecular weight excluding hydrogens is 398 g/mol. The molecule has 0 bridgehead atoms. The smallest absolute Gasteiger partial charge is 0.387 e. The van der Waals surface area contributed by atoms with E-state index in [4.69, 9.17) is 4.74 Å². The van der Waals surface area contributed by atoms with Gasteiger partial charge in [0.2, 0.25) is 5.91 Å². The summed E-state index contributed by atoms with van der Waals surface area (Å²) in [6, 6.07) is 5.57. The van der Waals surface area contributed by atoms with Crippen LogP contribution in [0, 0.1) is 0 Å². The van der Waals surface area contributed by atoms with Gasteiger partial charge in [0.1, 0.15) is 5.75 Å². The molecule has 2 rings (SSSR count). The van der Waals surface area contributed by atoms with Crippen LogP contribution in [0.2, 0.25) is 0 Å². The number of rotatable bonds is 9. The van der Waals surface area contributed by atoms with Crippen LogP contribution in [0.25, 0.3) is 6.08 Å². The Labute approximate surface area is 162 Å². The van der Waals surface area contributed by atoms with Crippen molar-refractivity contribution in [3.8, 4) is 5.75 Å². The summed E-state index contributed by atoms with van der Waals surface area (Å²) >= 11 is 0.901. The van der Waals surface area contributed by atoms with Crippen LogP contribution in [-0.2, 0) is 19.1 Å². The molecule has 150 valence electrons. The largest absolute Gasteiger partial charge is 0.452 e. The van der Waals surface area contributed by atoms with Crippen molar-refractivity contribution in [2.24, 2.45) is 0 Å². The van der Waals surface area contributed by atoms with E-state index in [1.165, 1.54) is 30.3 Å². The molecule has 28 heavy (non-hydrogen) atoms. The van der Waals surface area contributed by atoms with E-state index in [9.17, 15) is 28.0 Å². The monoisotopic (exact) mass is 414 g/mol. The van der Waals surface area contributed by atoms with Crippen molar-refractivity contribution >= 4 is 40.9 Å². The number of imide groups is 1. The topological polar surface area (TPSA) is 102 Å². The number of thioether (sulfide) groups is 1. The highest BCUT2D eigenvalue weighted by molar-refractivity contribution is 8.14. The number of nitrogens with one attached hydrogen (secondary N) is 1. The maximum Gasteiger partial charge on any atom is 0.387 e. The predicted molar refractivity (Wildman–Crippen MR) is 95.6 cm³/mol. The van der Waals surface area contributed by atoms with Crippen LogP contribution in [0.15, 0.2) is 30.3 Å². The van der Waals surface area contributed by atoms with E-state index < -0.39 is 25.1 Å². The first-order valence-corrected chi connectivity index (χ1v) is 8.97. The lowest BCUT2D eigenvalue weighted by Gasteiger charge is -2.12. The number of ether oxygens (including phenoxy) is 2. The molecule has 1 aliphatic rings. The molecule has 0 unspecified atom stereocenters. The van der Waals surface area contributed by atoms with Gasteiger partial charge in [-0.2, -0.15) is 8.78 Å². The summed E-state index contributed by atoms with van der Waals surface area (Å²) < 4.78 is 33.1. The highest BCUT2D eigenvalue weighted by Crippen LogP contribution is 2.17. The number of amides is 3. The minimum atomic E-state index is -2.92. The fourth-order valence-electron chi connectivity index (χ4n) is 2.06. The molecule has 0 aliphatic carbocycles. The molecule has 1 N–H and O–H groups in total. The first-order valence-electron chi connectivity index (χ1n) is 7.98. The van der Waals surface area contributed by atoms with Crippen LogP contribution in [0.5, 0.6) is 5.75 Å². The van der Waals surface area contributed by atoms with Crippen molar-refractivity contribution in [2.75, 3.05) is 25.4 Å². The van der Waals surface area contributed by atoms with Gasteiger partial charge in [0.15, 0.2) is 6.61 Å². The SMILES string of the molecule is O=C(COC(=O)C=Cc1ccc(OC(F)F)cc1)NCCN1C(=O)CSC1=O. The zero-order valence-electron chi connectivity index (χ0n) is 14.4. The van der Waals surface area contributed by atoms with Gasteiger partial charge in [0, 0.05) is 19.2 Å². The first kappa shape index (κ1) is 21.4. The highest BCUT2D eigenvalue weighted by Gasteiger charge is 2.29. The van der Waals surface area contributed by atoms with Gasteiger partial charge >= 0.3 is 12.6 Å². The molecule has 1 aromatic carbocycles. The Morgan fingerprint density at radius 2 is 1.96 bits per heavy atom. The summed E-state index contributed by atoms with van der Waals surface area (Å²) in [5.41, 5.74) is 0.542. The van der Waals surface area contributed by atoms with Gasteiger partial charge in [0.05, 0.1) is 5.75 Å². The fraction of sp³-hybridized carbons (Fsp3) is 0.294. The molecule has 1 aromatic rings. The number of hydrogen-bond acceptors (Lipinski definition) is 7. The molecule has 0 atom stereocenters. The van der Waals surface area contributed by atoms with Gasteiger partial charge in [-0.25, -0.2) is 4.79 Å². The number of nitrogens with zero attached hydrogens (tertiary/aromatic N) is 1. The highest BCUT2D eigenvalue weighted by atomic mass is 32.2. The Morgan fingerprint density at radius 1 is 1.25 bits per heavy atom. The average molecular weight is 414 g/mol. The lowest BCUT2D eigenvalue weighted by Crippen LogP contribution is -2.38. The number of carbonyl (C=O) groups is 4. The molecule has 0 aromatic heterocycles. The van der Waals surface area contributed by atoms with Gasteiger partial charge < -0.3 is 14.8 Å². The molecule has 8 nitrogen and oxygen atoms in total. The Kier molecular flexibility index (Phi) is 7.93. The molecule has 0 saturated carbocycles. The molecule has 0 spiro atoms. The van der Waals surface area contributed by atoms with Crippen molar-refractivity contribution in [2.45, 2.75) is 6.61 Å². The normalized spacial score (nSPS) is 14.0. The Balaban J connectivity index is 1.67. The first-order chi connectivity index (χ1) is 13.3. The third-order valence-electron chi connectivity index (χ3n) is 3.36. The van der Waals surface area contributed by atoms with Gasteiger partial charge in [-0.05, 0) is 23.8 Å². The molecule has 1 heterocycles. The second kappa shape index (κ2) is 10.4. The fourth-order valence-corrected chi connectivity index (χ4v) is 2.82. The number of hydrogen-bond donors (Lipinski definition) is 1. The van der Waals surface area contributed by atoms with Gasteiger partial charge in [-0.15, -0.1) is 0 Å². The van der Waals surface area contributed by atoms with E-state index in [1.807, 2.05) is 0 Å². The van der Waals surface area contributed by atoms with Crippen molar-refractivity contribution in [1.29, 1.82) is 0 Å². The Morgan fingerprint density at radius 3 is 2.57 bits per heavy atom. The number of alkyl halides is 2. The third-order valence-corrected chi connectivity index (χ3v) is 4.22. The van der Waals surface area contributed by atoms with Crippen LogP contribution in [0.4, 0.5) is 13.6 Å². The maximum absolute atomic E-state index is 12.1. The zero-order valence-corrected chi connectivity index (χ0v) is 15.2. The van der Waals surface area contributed by atoms with Crippen molar-refractivity contribution in [1.82, 2.24) is 10.2 Å². The van der Waals surface area contributed by atoms with E-state index in [0.29, 0.717) is 5.56 Å². The summed E-state index contributed by atoms with van der Waals surface area (Å²) in [5.74, 6) is -1.58. The minimum Gasteiger partial charge on any atom is -0.452 e. The molecule has 11 heteroatoms. The van der Waals surface area contributed by atoms with Crippen molar-refractivity contribution in [3.05, 3.63) is 35.9 Å². The minimum absolute atomic E-state index is 0.0117. The van der Waals surface area contributed by atoms with Gasteiger partial charge in [-0.1, -0.05) is 23.9 Å². The molecule has 3 amide bonds. The zero-order chi connectivity index (χ0) is 20.5. The summed E-state index contributed by atoms with van der Waals surface area (Å²) in [6.45, 7) is -3.34. The van der Waals surface area contributed by atoms with Crippen molar-refractivity contribution < 1.29 is 37.4 Å². The summed E-state index contributed by atoms with van der Waals surface area (Å²) in [4.78, 5) is 47.0. The van der Waals surface area contributed by atoms with Crippen LogP contribution in [0.1, 0.15) is 5.56 Å². The van der Waals surface area contributed by atoms with E-state index >= 15 is 0 Å². The Bertz CT molecular complexity index is 753. The number of benzene rings is 1. The lowest BCUT2D eigenvalue weighted by atomic mass is 10.2. The molecule has 1 fully saturated rings. The van der Waals surface area contributed by atoms with E-state index in [-0.39, 0.29) is 35.7 Å². The quantitative estimate of drug-likeness (QED) is 0.484. The third kappa shape index (κ3) is 6.99. The lowest BCUT2D eigenvalue weighted by molar-refractivity contribution is -0.143. The van der Waals surface area contributed by atoms with Crippen LogP contribution in [-0.4, -0.2) is 60.0 Å². The molecule has 1 saturated heterocycles. The second-order valence-electron chi connectivity index (χ2n) is 5.34. The average Bonchev–Trinajstić information content (AvgIpc) is 2.97. The molecular formula is C17H16F2N2O6S. The summed E-state index contributed by atoms with van der Waals surface area (Å²) in [5, 5.41) is 2.07. The van der Waals surface area contributed by atoms with E-state index in [1.54, 1.807) is 0 Å².